The van der Waals surface area contributed by atoms with Gasteiger partial charge < -0.3 is 10.5 Å². The monoisotopic (exact) mass is 243 g/mol. The molecule has 1 saturated carbocycles. The summed E-state index contributed by atoms with van der Waals surface area (Å²) in [6, 6.07) is 1.53. The van der Waals surface area contributed by atoms with Crippen LogP contribution in [0.4, 0.5) is 0 Å². The Morgan fingerprint density at radius 3 is 2.69 bits per heavy atom. The van der Waals surface area contributed by atoms with Crippen LogP contribution in [0.1, 0.15) is 18.5 Å². The van der Waals surface area contributed by atoms with E-state index >= 15 is 0 Å². The highest BCUT2D eigenvalue weighted by atomic mass is 32.2. The highest BCUT2D eigenvalue weighted by Crippen LogP contribution is 2.30. The topological polar surface area (TPSA) is 108 Å². The van der Waals surface area contributed by atoms with E-state index < -0.39 is 10.0 Å². The van der Waals surface area contributed by atoms with Crippen molar-refractivity contribution in [1.82, 2.24) is 4.98 Å². The maximum atomic E-state index is 11.3. The van der Waals surface area contributed by atoms with Gasteiger partial charge in [-0.05, 0) is 12.8 Å². The van der Waals surface area contributed by atoms with E-state index in [-0.39, 0.29) is 23.3 Å². The molecule has 2 rings (SSSR count). The molecule has 0 atom stereocenters. The van der Waals surface area contributed by atoms with Crippen LogP contribution in [-0.2, 0) is 16.6 Å². The molecule has 88 valence electrons. The minimum absolute atomic E-state index is 0.0865. The molecule has 1 aliphatic rings. The number of nitrogens with two attached hydrogens (primary N) is 2. The Labute approximate surface area is 93.7 Å². The van der Waals surface area contributed by atoms with Crippen LogP contribution >= 0.6 is 0 Å². The lowest BCUT2D eigenvalue weighted by molar-refractivity contribution is 0.294. The van der Waals surface area contributed by atoms with Gasteiger partial charge in [0, 0.05) is 12.6 Å². The number of pyridine rings is 1. The Bertz CT molecular complexity index is 497. The predicted molar refractivity (Wildman–Crippen MR) is 57.2 cm³/mol. The van der Waals surface area contributed by atoms with Crippen molar-refractivity contribution in [3.63, 3.8) is 0 Å². The van der Waals surface area contributed by atoms with E-state index in [4.69, 9.17) is 15.6 Å². The zero-order chi connectivity index (χ0) is 11.8. The SMILES string of the molecule is NCc1cc(OC2CC2)c(S(N)(=O)=O)cn1. The standard InChI is InChI=1S/C9H13N3O3S/c10-4-6-3-8(15-7-1-2-7)9(5-12-6)16(11,13)14/h3,5,7H,1-2,4,10H2,(H2,11,13,14). The molecule has 1 aliphatic carbocycles. The first-order chi connectivity index (χ1) is 7.50. The first-order valence-electron chi connectivity index (χ1n) is 4.89. The maximum absolute atomic E-state index is 11.3. The van der Waals surface area contributed by atoms with Gasteiger partial charge >= 0.3 is 0 Å². The molecule has 1 heterocycles. The van der Waals surface area contributed by atoms with Crippen LogP contribution < -0.4 is 15.6 Å². The summed E-state index contributed by atoms with van der Waals surface area (Å²) < 4.78 is 28.0. The molecule has 7 heteroatoms. The van der Waals surface area contributed by atoms with E-state index in [0.717, 1.165) is 12.8 Å². The summed E-state index contributed by atoms with van der Waals surface area (Å²) in [5, 5.41) is 5.07. The molecule has 0 unspecified atom stereocenters. The van der Waals surface area contributed by atoms with Crippen molar-refractivity contribution in [2.45, 2.75) is 30.4 Å². The zero-order valence-electron chi connectivity index (χ0n) is 8.59. The normalized spacial score (nSPS) is 16.1. The fourth-order valence-corrected chi connectivity index (χ4v) is 1.83. The van der Waals surface area contributed by atoms with Crippen molar-refractivity contribution >= 4 is 10.0 Å². The van der Waals surface area contributed by atoms with Gasteiger partial charge in [0.15, 0.2) is 0 Å². The van der Waals surface area contributed by atoms with Gasteiger partial charge in [-0.1, -0.05) is 0 Å². The Balaban J connectivity index is 2.41. The molecule has 0 aromatic carbocycles. The third-order valence-corrected chi connectivity index (χ3v) is 3.14. The summed E-state index contributed by atoms with van der Waals surface area (Å²) in [6.45, 7) is 0.228. The van der Waals surface area contributed by atoms with Gasteiger partial charge in [0.05, 0.1) is 18.0 Å². The molecule has 0 bridgehead atoms. The van der Waals surface area contributed by atoms with E-state index in [1.54, 1.807) is 0 Å². The Morgan fingerprint density at radius 1 is 1.50 bits per heavy atom. The van der Waals surface area contributed by atoms with Crippen LogP contribution in [0.15, 0.2) is 17.2 Å². The predicted octanol–water partition coefficient (Wildman–Crippen LogP) is -0.271. The van der Waals surface area contributed by atoms with Crippen LogP contribution in [0.5, 0.6) is 5.75 Å². The third kappa shape index (κ3) is 2.49. The van der Waals surface area contributed by atoms with Crippen LogP contribution in [-0.4, -0.2) is 19.5 Å². The van der Waals surface area contributed by atoms with Gasteiger partial charge in [-0.25, -0.2) is 13.6 Å². The maximum Gasteiger partial charge on any atom is 0.243 e. The smallest absolute Gasteiger partial charge is 0.243 e. The minimum atomic E-state index is -3.80. The number of aromatic nitrogens is 1. The Kier molecular flexibility index (Phi) is 2.83. The summed E-state index contributed by atoms with van der Waals surface area (Å²) >= 11 is 0. The molecule has 1 aromatic rings. The Morgan fingerprint density at radius 2 is 2.19 bits per heavy atom. The first kappa shape index (κ1) is 11.3. The van der Waals surface area contributed by atoms with E-state index in [1.165, 1.54) is 12.3 Å². The quantitative estimate of drug-likeness (QED) is 0.756. The number of sulfonamides is 1. The Hall–Kier alpha value is -1.18. The van der Waals surface area contributed by atoms with Crippen LogP contribution in [0, 0.1) is 0 Å². The summed E-state index contributed by atoms with van der Waals surface area (Å²) in [5.74, 6) is 0.250. The number of rotatable bonds is 4. The van der Waals surface area contributed by atoms with Gasteiger partial charge in [-0.3, -0.25) is 4.98 Å². The second kappa shape index (κ2) is 4.00. The van der Waals surface area contributed by atoms with E-state index in [0.29, 0.717) is 5.69 Å². The molecule has 0 saturated heterocycles. The highest BCUT2D eigenvalue weighted by molar-refractivity contribution is 7.89. The number of primary sulfonamides is 1. The van der Waals surface area contributed by atoms with Gasteiger partial charge in [0.1, 0.15) is 10.6 Å². The lowest BCUT2D eigenvalue weighted by Gasteiger charge is -2.10. The summed E-state index contributed by atoms with van der Waals surface area (Å²) in [7, 11) is -3.80. The fraction of sp³-hybridized carbons (Fsp3) is 0.444. The van der Waals surface area contributed by atoms with E-state index in [1.807, 2.05) is 0 Å². The molecule has 0 radical (unpaired) electrons. The van der Waals surface area contributed by atoms with Crippen LogP contribution in [0.25, 0.3) is 0 Å². The summed E-state index contributed by atoms with van der Waals surface area (Å²) in [6.07, 6.45) is 3.15. The highest BCUT2D eigenvalue weighted by Gasteiger charge is 2.27. The lowest BCUT2D eigenvalue weighted by Crippen LogP contribution is -2.15. The second-order valence-electron chi connectivity index (χ2n) is 3.69. The van der Waals surface area contributed by atoms with Gasteiger partial charge in [-0.2, -0.15) is 0 Å². The lowest BCUT2D eigenvalue weighted by atomic mass is 10.3. The molecular formula is C9H13N3O3S. The van der Waals surface area contributed by atoms with Crippen molar-refractivity contribution in [2.75, 3.05) is 0 Å². The average molecular weight is 243 g/mol. The van der Waals surface area contributed by atoms with Crippen LogP contribution in [0.2, 0.25) is 0 Å². The van der Waals surface area contributed by atoms with Crippen molar-refractivity contribution in [3.8, 4) is 5.75 Å². The third-order valence-electron chi connectivity index (χ3n) is 2.22. The second-order valence-corrected chi connectivity index (χ2v) is 5.22. The van der Waals surface area contributed by atoms with Gasteiger partial charge in [0.2, 0.25) is 10.0 Å². The van der Waals surface area contributed by atoms with Gasteiger partial charge in [0.25, 0.3) is 0 Å². The largest absolute Gasteiger partial charge is 0.489 e. The zero-order valence-corrected chi connectivity index (χ0v) is 9.40. The van der Waals surface area contributed by atoms with Crippen molar-refractivity contribution in [3.05, 3.63) is 18.0 Å². The van der Waals surface area contributed by atoms with E-state index in [9.17, 15) is 8.42 Å². The summed E-state index contributed by atoms with van der Waals surface area (Å²) in [5.41, 5.74) is 6.00. The number of ether oxygens (including phenoxy) is 1. The molecule has 1 aromatic heterocycles. The fourth-order valence-electron chi connectivity index (χ4n) is 1.25. The number of nitrogens with zero attached hydrogens (tertiary/aromatic N) is 1. The van der Waals surface area contributed by atoms with Gasteiger partial charge in [-0.15, -0.1) is 0 Å². The molecule has 0 aliphatic heterocycles. The average Bonchev–Trinajstić information content (AvgIpc) is 3.00. The van der Waals surface area contributed by atoms with E-state index in [2.05, 4.69) is 4.98 Å². The number of hydrogen-bond acceptors (Lipinski definition) is 5. The number of hydrogen-bond donors (Lipinski definition) is 2. The molecule has 0 amide bonds. The molecular weight excluding hydrogens is 230 g/mol. The van der Waals surface area contributed by atoms with Crippen molar-refractivity contribution in [2.24, 2.45) is 10.9 Å². The molecule has 16 heavy (non-hydrogen) atoms. The summed E-state index contributed by atoms with van der Waals surface area (Å²) in [4.78, 5) is 3.80. The molecule has 6 nitrogen and oxygen atoms in total. The molecule has 0 spiro atoms. The van der Waals surface area contributed by atoms with Crippen LogP contribution in [0.3, 0.4) is 0 Å². The van der Waals surface area contributed by atoms with Crippen molar-refractivity contribution in [1.29, 1.82) is 0 Å². The molecule has 4 N–H and O–H groups in total. The molecule has 1 fully saturated rings. The first-order valence-corrected chi connectivity index (χ1v) is 6.44. The van der Waals surface area contributed by atoms with Crippen molar-refractivity contribution < 1.29 is 13.2 Å². The minimum Gasteiger partial charge on any atom is -0.489 e.